The van der Waals surface area contributed by atoms with E-state index in [4.69, 9.17) is 4.42 Å². The van der Waals surface area contributed by atoms with Gasteiger partial charge in [0.2, 0.25) is 5.89 Å². The molecule has 0 aliphatic heterocycles. The Hall–Kier alpha value is -1.85. The molecule has 1 aliphatic carbocycles. The zero-order valence-electron chi connectivity index (χ0n) is 13.0. The second kappa shape index (κ2) is 5.87. The normalized spacial score (nSPS) is 13.9. The maximum absolute atomic E-state index is 5.63. The molecule has 1 N–H and O–H groups in total. The summed E-state index contributed by atoms with van der Waals surface area (Å²) < 4.78 is 7.59. The lowest BCUT2D eigenvalue weighted by atomic mass is 10.1. The molecule has 2 aromatic heterocycles. The summed E-state index contributed by atoms with van der Waals surface area (Å²) in [6, 6.07) is 0.502. The lowest BCUT2D eigenvalue weighted by Gasteiger charge is -2.05. The fraction of sp³-hybridized carbons (Fsp3) is 0.667. The molecule has 0 amide bonds. The molecule has 0 saturated heterocycles. The van der Waals surface area contributed by atoms with E-state index >= 15 is 0 Å². The van der Waals surface area contributed by atoms with E-state index in [-0.39, 0.29) is 0 Å². The monoisotopic (exact) mass is 289 g/mol. The number of anilines is 1. The highest BCUT2D eigenvalue weighted by atomic mass is 16.4. The predicted octanol–water partition coefficient (Wildman–Crippen LogP) is 2.49. The van der Waals surface area contributed by atoms with Gasteiger partial charge in [-0.1, -0.05) is 18.9 Å². The lowest BCUT2D eigenvalue weighted by molar-refractivity contribution is 0.469. The number of rotatable bonds is 6. The molecule has 0 bridgehead atoms. The fourth-order valence-corrected chi connectivity index (χ4v) is 2.80. The molecule has 2 heterocycles. The summed E-state index contributed by atoms with van der Waals surface area (Å²) in [7, 11) is 2.00. The molecule has 3 rings (SSSR count). The summed E-state index contributed by atoms with van der Waals surface area (Å²) in [5.74, 6) is 1.35. The fourth-order valence-electron chi connectivity index (χ4n) is 2.80. The Balaban J connectivity index is 1.60. The zero-order chi connectivity index (χ0) is 14.8. The molecule has 6 heteroatoms. The third-order valence-electron chi connectivity index (χ3n) is 4.01. The van der Waals surface area contributed by atoms with Crippen molar-refractivity contribution in [1.82, 2.24) is 20.0 Å². The smallest absolute Gasteiger partial charge is 0.315 e. The largest absolute Gasteiger partial charge is 0.408 e. The van der Waals surface area contributed by atoms with Crippen LogP contribution in [0.25, 0.3) is 0 Å². The van der Waals surface area contributed by atoms with Gasteiger partial charge < -0.3 is 9.73 Å². The summed E-state index contributed by atoms with van der Waals surface area (Å²) in [4.78, 5) is 0. The Labute approximate surface area is 124 Å². The molecule has 21 heavy (non-hydrogen) atoms. The van der Waals surface area contributed by atoms with Crippen LogP contribution in [0.3, 0.4) is 0 Å². The van der Waals surface area contributed by atoms with Gasteiger partial charge in [-0.3, -0.25) is 4.68 Å². The first-order chi connectivity index (χ1) is 10.1. The Morgan fingerprint density at radius 1 is 1.29 bits per heavy atom. The van der Waals surface area contributed by atoms with E-state index in [2.05, 4.69) is 34.5 Å². The van der Waals surface area contributed by atoms with Gasteiger partial charge in [0.05, 0.1) is 17.9 Å². The van der Waals surface area contributed by atoms with Gasteiger partial charge in [0.1, 0.15) is 0 Å². The van der Waals surface area contributed by atoms with Crippen molar-refractivity contribution in [1.29, 1.82) is 0 Å². The minimum atomic E-state index is 0.502. The van der Waals surface area contributed by atoms with Crippen LogP contribution in [0.2, 0.25) is 0 Å². The summed E-state index contributed by atoms with van der Waals surface area (Å²) in [5.41, 5.74) is 3.87. The minimum Gasteiger partial charge on any atom is -0.408 e. The van der Waals surface area contributed by atoms with E-state index < -0.39 is 0 Å². The van der Waals surface area contributed by atoms with E-state index in [1.54, 1.807) is 0 Å². The van der Waals surface area contributed by atoms with Crippen LogP contribution in [0.4, 0.5) is 6.01 Å². The Morgan fingerprint density at radius 3 is 2.95 bits per heavy atom. The van der Waals surface area contributed by atoms with E-state index in [1.807, 2.05) is 11.7 Å². The van der Waals surface area contributed by atoms with Crippen molar-refractivity contribution in [2.45, 2.75) is 52.5 Å². The average Bonchev–Trinajstić information content (AvgIpc) is 3.11. The number of hydrogen-bond acceptors (Lipinski definition) is 5. The summed E-state index contributed by atoms with van der Waals surface area (Å²) in [5, 5.41) is 15.9. The van der Waals surface area contributed by atoms with Crippen LogP contribution in [-0.4, -0.2) is 20.0 Å². The van der Waals surface area contributed by atoms with Crippen molar-refractivity contribution >= 4 is 6.01 Å². The van der Waals surface area contributed by atoms with Crippen LogP contribution in [-0.2, 0) is 32.9 Å². The molecule has 0 unspecified atom stereocenters. The first kappa shape index (κ1) is 14.1. The van der Waals surface area contributed by atoms with Gasteiger partial charge in [0, 0.05) is 13.5 Å². The SMILES string of the molecule is CC(C)CCc1nnc(NCc2c3c(nn2C)CCC3)o1. The molecular formula is C15H23N5O. The highest BCUT2D eigenvalue weighted by Gasteiger charge is 2.20. The van der Waals surface area contributed by atoms with Gasteiger partial charge in [-0.25, -0.2) is 0 Å². The number of nitrogens with one attached hydrogen (secondary N) is 1. The van der Waals surface area contributed by atoms with Crippen molar-refractivity contribution in [2.24, 2.45) is 13.0 Å². The molecule has 0 fully saturated rings. The maximum Gasteiger partial charge on any atom is 0.315 e. The standard InChI is InChI=1S/C15H23N5O/c1-10(2)7-8-14-17-18-15(21-14)16-9-13-11-5-4-6-12(11)19-20(13)3/h10H,4-9H2,1-3H3,(H,16,18). The highest BCUT2D eigenvalue weighted by molar-refractivity contribution is 5.33. The third-order valence-corrected chi connectivity index (χ3v) is 4.01. The van der Waals surface area contributed by atoms with Crippen LogP contribution in [0, 0.1) is 5.92 Å². The third kappa shape index (κ3) is 3.09. The Morgan fingerprint density at radius 2 is 2.14 bits per heavy atom. The second-order valence-corrected chi connectivity index (χ2v) is 6.14. The van der Waals surface area contributed by atoms with Crippen LogP contribution >= 0.6 is 0 Å². The van der Waals surface area contributed by atoms with Gasteiger partial charge >= 0.3 is 6.01 Å². The van der Waals surface area contributed by atoms with Crippen molar-refractivity contribution in [2.75, 3.05) is 5.32 Å². The molecule has 6 nitrogen and oxygen atoms in total. The predicted molar refractivity (Wildman–Crippen MR) is 80.0 cm³/mol. The van der Waals surface area contributed by atoms with Crippen LogP contribution in [0.1, 0.15) is 49.5 Å². The molecule has 0 atom stereocenters. The summed E-state index contributed by atoms with van der Waals surface area (Å²) in [6.07, 6.45) is 5.35. The van der Waals surface area contributed by atoms with E-state index in [1.165, 1.54) is 23.4 Å². The van der Waals surface area contributed by atoms with Crippen LogP contribution in [0.5, 0.6) is 0 Å². The number of nitrogens with zero attached hydrogens (tertiary/aromatic N) is 4. The van der Waals surface area contributed by atoms with E-state index in [9.17, 15) is 0 Å². The molecule has 114 valence electrons. The molecule has 0 spiro atoms. The highest BCUT2D eigenvalue weighted by Crippen LogP contribution is 2.24. The average molecular weight is 289 g/mol. The lowest BCUT2D eigenvalue weighted by Crippen LogP contribution is -2.07. The molecular weight excluding hydrogens is 266 g/mol. The second-order valence-electron chi connectivity index (χ2n) is 6.14. The Kier molecular flexibility index (Phi) is 3.94. The first-order valence-electron chi connectivity index (χ1n) is 7.73. The number of aryl methyl sites for hydroxylation is 3. The van der Waals surface area contributed by atoms with Crippen molar-refractivity contribution < 1.29 is 4.42 Å². The van der Waals surface area contributed by atoms with Crippen molar-refractivity contribution in [3.8, 4) is 0 Å². The van der Waals surface area contributed by atoms with E-state index in [0.29, 0.717) is 24.4 Å². The first-order valence-corrected chi connectivity index (χ1v) is 7.73. The van der Waals surface area contributed by atoms with Gasteiger partial charge in [-0.2, -0.15) is 5.10 Å². The van der Waals surface area contributed by atoms with Gasteiger partial charge in [-0.15, -0.1) is 5.10 Å². The number of aromatic nitrogens is 4. The molecule has 0 saturated carbocycles. The molecule has 2 aromatic rings. The number of fused-ring (bicyclic) bond motifs is 1. The topological polar surface area (TPSA) is 68.8 Å². The van der Waals surface area contributed by atoms with Crippen molar-refractivity contribution in [3.63, 3.8) is 0 Å². The van der Waals surface area contributed by atoms with E-state index in [0.717, 1.165) is 25.7 Å². The summed E-state index contributed by atoms with van der Waals surface area (Å²) in [6.45, 7) is 5.07. The van der Waals surface area contributed by atoms with Crippen molar-refractivity contribution in [3.05, 3.63) is 22.8 Å². The van der Waals surface area contributed by atoms with Gasteiger partial charge in [-0.05, 0) is 37.2 Å². The Bertz CT molecular complexity index is 614. The quantitative estimate of drug-likeness (QED) is 0.885. The van der Waals surface area contributed by atoms with Crippen LogP contribution < -0.4 is 5.32 Å². The maximum atomic E-state index is 5.63. The van der Waals surface area contributed by atoms with Crippen LogP contribution in [0.15, 0.2) is 4.42 Å². The minimum absolute atomic E-state index is 0.502. The van der Waals surface area contributed by atoms with Gasteiger partial charge in [0.25, 0.3) is 0 Å². The van der Waals surface area contributed by atoms with Gasteiger partial charge in [0.15, 0.2) is 0 Å². The molecule has 0 aromatic carbocycles. The summed E-state index contributed by atoms with van der Waals surface area (Å²) >= 11 is 0. The zero-order valence-corrected chi connectivity index (χ0v) is 13.0. The number of hydrogen-bond donors (Lipinski definition) is 1. The molecule has 0 radical (unpaired) electrons. The molecule has 1 aliphatic rings.